The molecule has 0 aliphatic heterocycles. The first-order chi connectivity index (χ1) is 14.2. The normalized spacial score (nSPS) is 12.2. The van der Waals surface area contributed by atoms with Crippen LogP contribution < -0.4 is 0 Å². The molecule has 0 saturated heterocycles. The van der Waals surface area contributed by atoms with Crippen LogP contribution in [-0.2, 0) is 25.6 Å². The summed E-state index contributed by atoms with van der Waals surface area (Å²) in [4.78, 5) is 12.8. The van der Waals surface area contributed by atoms with Crippen LogP contribution in [0.3, 0.4) is 0 Å². The van der Waals surface area contributed by atoms with E-state index in [1.807, 2.05) is 23.9 Å². The Hall–Kier alpha value is -2.34. The fourth-order valence-corrected chi connectivity index (χ4v) is 4.05. The average molecular weight is 411 g/mol. The second-order valence-corrected chi connectivity index (χ2v) is 7.96. The maximum Gasteiger partial charge on any atom is 0.330 e. The van der Waals surface area contributed by atoms with Crippen molar-refractivity contribution in [3.63, 3.8) is 0 Å². The zero-order valence-corrected chi connectivity index (χ0v) is 17.7. The number of carbonyl (C=O) groups is 1. The molecular formula is C24H26O4S. The SMILES string of the molecule is C=CC(=O)OC(COC)COCc1c2ccccc2cc2ccc(SCC)cc12. The number of carbonyl (C=O) groups excluding carboxylic acids is 1. The summed E-state index contributed by atoms with van der Waals surface area (Å²) in [6, 6.07) is 17.1. The van der Waals surface area contributed by atoms with E-state index in [0.29, 0.717) is 6.61 Å². The van der Waals surface area contributed by atoms with Gasteiger partial charge in [-0.2, -0.15) is 0 Å². The molecule has 5 heteroatoms. The van der Waals surface area contributed by atoms with E-state index < -0.39 is 12.1 Å². The van der Waals surface area contributed by atoms with Crippen LogP contribution in [0.25, 0.3) is 21.5 Å². The van der Waals surface area contributed by atoms with Crippen LogP contribution in [0.4, 0.5) is 0 Å². The molecule has 0 aliphatic rings. The number of hydrogen-bond donors (Lipinski definition) is 0. The number of ether oxygens (including phenoxy) is 3. The maximum absolute atomic E-state index is 11.5. The molecule has 0 fully saturated rings. The summed E-state index contributed by atoms with van der Waals surface area (Å²) < 4.78 is 16.4. The van der Waals surface area contributed by atoms with Gasteiger partial charge in [-0.1, -0.05) is 43.8 Å². The zero-order valence-electron chi connectivity index (χ0n) is 16.9. The molecule has 0 aromatic heterocycles. The number of fused-ring (bicyclic) bond motifs is 2. The smallest absolute Gasteiger partial charge is 0.330 e. The molecule has 3 aromatic carbocycles. The molecule has 0 aliphatic carbocycles. The Morgan fingerprint density at radius 1 is 1.10 bits per heavy atom. The Kier molecular flexibility index (Phi) is 7.69. The summed E-state index contributed by atoms with van der Waals surface area (Å²) in [5.74, 6) is 0.547. The van der Waals surface area contributed by atoms with Gasteiger partial charge in [-0.05, 0) is 51.1 Å². The van der Waals surface area contributed by atoms with Gasteiger partial charge in [0.25, 0.3) is 0 Å². The van der Waals surface area contributed by atoms with Crippen molar-refractivity contribution in [3.05, 3.63) is 66.7 Å². The Bertz CT molecular complexity index is 999. The third-order valence-corrected chi connectivity index (χ3v) is 5.49. The van der Waals surface area contributed by atoms with Gasteiger partial charge in [-0.25, -0.2) is 4.79 Å². The Labute approximate surface area is 175 Å². The highest BCUT2D eigenvalue weighted by molar-refractivity contribution is 7.99. The van der Waals surface area contributed by atoms with Crippen molar-refractivity contribution < 1.29 is 19.0 Å². The molecule has 152 valence electrons. The average Bonchev–Trinajstić information content (AvgIpc) is 2.73. The molecule has 0 amide bonds. The standard InChI is InChI=1S/C24H26O4S/c1-4-24(25)28-19(14-26-3)15-27-16-23-21-9-7-6-8-17(21)12-18-10-11-20(29-5-2)13-22(18)23/h4,6-13,19H,1,5,14-16H2,2-3H3. The first-order valence-corrected chi connectivity index (χ1v) is 10.6. The van der Waals surface area contributed by atoms with E-state index in [1.165, 1.54) is 26.4 Å². The molecule has 1 atom stereocenters. The third kappa shape index (κ3) is 5.38. The Balaban J connectivity index is 1.89. The summed E-state index contributed by atoms with van der Waals surface area (Å²) in [5.41, 5.74) is 1.14. The molecule has 3 aromatic rings. The van der Waals surface area contributed by atoms with E-state index in [-0.39, 0.29) is 13.2 Å². The summed E-state index contributed by atoms with van der Waals surface area (Å²) in [6.45, 7) is 6.53. The second kappa shape index (κ2) is 10.4. The lowest BCUT2D eigenvalue weighted by Gasteiger charge is -2.18. The minimum Gasteiger partial charge on any atom is -0.454 e. The van der Waals surface area contributed by atoms with Gasteiger partial charge in [0.1, 0.15) is 6.10 Å². The van der Waals surface area contributed by atoms with Gasteiger partial charge in [0.15, 0.2) is 0 Å². The van der Waals surface area contributed by atoms with Crippen molar-refractivity contribution in [1.82, 2.24) is 0 Å². The highest BCUT2D eigenvalue weighted by Crippen LogP contribution is 2.32. The van der Waals surface area contributed by atoms with Crippen LogP contribution in [0, 0.1) is 0 Å². The van der Waals surface area contributed by atoms with Crippen molar-refractivity contribution >= 4 is 39.3 Å². The molecule has 0 radical (unpaired) electrons. The first kappa shape index (κ1) is 21.4. The predicted octanol–water partition coefficient (Wildman–Crippen LogP) is 5.37. The summed E-state index contributed by atoms with van der Waals surface area (Å²) in [6.07, 6.45) is 0.673. The maximum atomic E-state index is 11.5. The number of benzene rings is 3. The van der Waals surface area contributed by atoms with Gasteiger partial charge in [0, 0.05) is 18.1 Å². The van der Waals surface area contributed by atoms with E-state index in [2.05, 4.69) is 49.9 Å². The number of methoxy groups -OCH3 is 1. The molecule has 3 rings (SSSR count). The Morgan fingerprint density at radius 2 is 1.90 bits per heavy atom. The van der Waals surface area contributed by atoms with Crippen LogP contribution in [0.15, 0.2) is 66.1 Å². The van der Waals surface area contributed by atoms with Crippen molar-refractivity contribution in [3.8, 4) is 0 Å². The van der Waals surface area contributed by atoms with Crippen molar-refractivity contribution in [2.24, 2.45) is 0 Å². The Morgan fingerprint density at radius 3 is 2.66 bits per heavy atom. The van der Waals surface area contributed by atoms with E-state index in [1.54, 1.807) is 7.11 Å². The van der Waals surface area contributed by atoms with Crippen LogP contribution in [0.5, 0.6) is 0 Å². The van der Waals surface area contributed by atoms with Gasteiger partial charge < -0.3 is 14.2 Å². The topological polar surface area (TPSA) is 44.8 Å². The minimum absolute atomic E-state index is 0.252. The molecule has 0 spiro atoms. The highest BCUT2D eigenvalue weighted by atomic mass is 32.2. The lowest BCUT2D eigenvalue weighted by molar-refractivity contribution is -0.149. The first-order valence-electron chi connectivity index (χ1n) is 9.63. The van der Waals surface area contributed by atoms with E-state index in [0.717, 1.165) is 17.4 Å². The van der Waals surface area contributed by atoms with E-state index in [4.69, 9.17) is 14.2 Å². The molecule has 0 bridgehead atoms. The van der Waals surface area contributed by atoms with Crippen LogP contribution in [0.1, 0.15) is 12.5 Å². The molecule has 0 heterocycles. The van der Waals surface area contributed by atoms with Crippen molar-refractivity contribution in [1.29, 1.82) is 0 Å². The quantitative estimate of drug-likeness (QED) is 0.195. The number of esters is 1. The number of hydrogen-bond acceptors (Lipinski definition) is 5. The molecular weight excluding hydrogens is 384 g/mol. The molecule has 0 saturated carbocycles. The summed E-state index contributed by atoms with van der Waals surface area (Å²) >= 11 is 1.82. The van der Waals surface area contributed by atoms with Crippen LogP contribution >= 0.6 is 11.8 Å². The van der Waals surface area contributed by atoms with E-state index >= 15 is 0 Å². The number of thioether (sulfide) groups is 1. The van der Waals surface area contributed by atoms with Gasteiger partial charge in [0.05, 0.1) is 19.8 Å². The zero-order chi connectivity index (χ0) is 20.6. The van der Waals surface area contributed by atoms with Gasteiger partial charge in [0.2, 0.25) is 0 Å². The molecule has 1 unspecified atom stereocenters. The second-order valence-electron chi connectivity index (χ2n) is 6.63. The van der Waals surface area contributed by atoms with Crippen LogP contribution in [-0.4, -0.2) is 38.1 Å². The van der Waals surface area contributed by atoms with Crippen molar-refractivity contribution in [2.45, 2.75) is 24.5 Å². The number of rotatable bonds is 10. The highest BCUT2D eigenvalue weighted by Gasteiger charge is 2.15. The lowest BCUT2D eigenvalue weighted by atomic mass is 9.97. The fraction of sp³-hybridized carbons (Fsp3) is 0.292. The summed E-state index contributed by atoms with van der Waals surface area (Å²) in [5, 5.41) is 4.73. The van der Waals surface area contributed by atoms with Gasteiger partial charge in [-0.3, -0.25) is 0 Å². The predicted molar refractivity (Wildman–Crippen MR) is 119 cm³/mol. The van der Waals surface area contributed by atoms with Crippen LogP contribution in [0.2, 0.25) is 0 Å². The van der Waals surface area contributed by atoms with E-state index in [9.17, 15) is 4.79 Å². The summed E-state index contributed by atoms with van der Waals surface area (Å²) in [7, 11) is 1.57. The molecule has 0 N–H and O–H groups in total. The lowest BCUT2D eigenvalue weighted by Crippen LogP contribution is -2.27. The minimum atomic E-state index is -0.479. The largest absolute Gasteiger partial charge is 0.454 e. The van der Waals surface area contributed by atoms with Crippen molar-refractivity contribution in [2.75, 3.05) is 26.1 Å². The van der Waals surface area contributed by atoms with Gasteiger partial charge in [-0.15, -0.1) is 11.8 Å². The fourth-order valence-electron chi connectivity index (χ4n) is 3.35. The van der Waals surface area contributed by atoms with Gasteiger partial charge >= 0.3 is 5.97 Å². The third-order valence-electron chi connectivity index (χ3n) is 4.61. The molecule has 29 heavy (non-hydrogen) atoms. The molecule has 4 nitrogen and oxygen atoms in total. The monoisotopic (exact) mass is 410 g/mol.